The fourth-order valence-electron chi connectivity index (χ4n) is 1.41. The van der Waals surface area contributed by atoms with Crippen LogP contribution in [0.25, 0.3) is 0 Å². The number of aromatic nitrogens is 2. The van der Waals surface area contributed by atoms with Crippen molar-refractivity contribution in [2.75, 3.05) is 5.32 Å². The summed E-state index contributed by atoms with van der Waals surface area (Å²) in [6.45, 7) is 2.76. The van der Waals surface area contributed by atoms with Crippen LogP contribution in [-0.2, 0) is 11.3 Å². The summed E-state index contributed by atoms with van der Waals surface area (Å²) < 4.78 is 1.85. The normalized spacial score (nSPS) is 16.6. The zero-order chi connectivity index (χ0) is 8.55. The molecular formula is C8H11N3O. The van der Waals surface area contributed by atoms with E-state index in [1.54, 1.807) is 0 Å². The summed E-state index contributed by atoms with van der Waals surface area (Å²) in [6, 6.07) is 1.89. The summed E-state index contributed by atoms with van der Waals surface area (Å²) in [7, 11) is 0. The van der Waals surface area contributed by atoms with Gasteiger partial charge in [0.15, 0.2) is 0 Å². The number of amides is 1. The average Bonchev–Trinajstić information content (AvgIpc) is 2.23. The Kier molecular flexibility index (Phi) is 1.60. The number of carbonyl (C=O) groups is 1. The van der Waals surface area contributed by atoms with Crippen LogP contribution < -0.4 is 5.32 Å². The highest BCUT2D eigenvalue weighted by Gasteiger charge is 2.12. The molecule has 0 aliphatic carbocycles. The van der Waals surface area contributed by atoms with Crippen LogP contribution in [0, 0.1) is 6.92 Å². The number of fused-ring (bicyclic) bond motifs is 1. The Morgan fingerprint density at radius 1 is 1.67 bits per heavy atom. The average molecular weight is 165 g/mol. The summed E-state index contributed by atoms with van der Waals surface area (Å²) in [5, 5.41) is 7.05. The maximum Gasteiger partial charge on any atom is 0.225 e. The van der Waals surface area contributed by atoms with Gasteiger partial charge in [0, 0.05) is 19.0 Å². The lowest BCUT2D eigenvalue weighted by molar-refractivity contribution is -0.116. The second-order valence-corrected chi connectivity index (χ2v) is 3.05. The van der Waals surface area contributed by atoms with E-state index in [4.69, 9.17) is 0 Å². The second-order valence-electron chi connectivity index (χ2n) is 3.05. The van der Waals surface area contributed by atoms with Gasteiger partial charge in [-0.3, -0.25) is 4.79 Å². The third kappa shape index (κ3) is 1.20. The topological polar surface area (TPSA) is 46.9 Å². The number of hydrogen-bond donors (Lipinski definition) is 1. The molecule has 12 heavy (non-hydrogen) atoms. The molecule has 2 rings (SSSR count). The van der Waals surface area contributed by atoms with Gasteiger partial charge in [-0.1, -0.05) is 0 Å². The minimum Gasteiger partial charge on any atom is -0.311 e. The lowest BCUT2D eigenvalue weighted by atomic mass is 10.3. The molecule has 4 heteroatoms. The number of anilines is 1. The largest absolute Gasteiger partial charge is 0.311 e. The Balaban J connectivity index is 2.36. The van der Waals surface area contributed by atoms with E-state index < -0.39 is 0 Å². The van der Waals surface area contributed by atoms with Crippen LogP contribution in [-0.4, -0.2) is 15.7 Å². The molecule has 2 heterocycles. The van der Waals surface area contributed by atoms with E-state index in [-0.39, 0.29) is 5.91 Å². The van der Waals surface area contributed by atoms with Gasteiger partial charge in [-0.2, -0.15) is 5.10 Å². The van der Waals surface area contributed by atoms with E-state index in [0.717, 1.165) is 24.5 Å². The Morgan fingerprint density at radius 2 is 2.50 bits per heavy atom. The molecule has 1 aromatic heterocycles. The number of aryl methyl sites for hydroxylation is 2. The molecule has 4 nitrogen and oxygen atoms in total. The van der Waals surface area contributed by atoms with E-state index in [9.17, 15) is 4.79 Å². The lowest BCUT2D eigenvalue weighted by Crippen LogP contribution is -2.09. The highest BCUT2D eigenvalue weighted by atomic mass is 16.1. The van der Waals surface area contributed by atoms with Gasteiger partial charge in [-0.25, -0.2) is 4.68 Å². The lowest BCUT2D eigenvalue weighted by Gasteiger charge is -1.99. The summed E-state index contributed by atoms with van der Waals surface area (Å²) in [6.07, 6.45) is 1.47. The molecule has 0 aromatic carbocycles. The summed E-state index contributed by atoms with van der Waals surface area (Å²) in [5.74, 6) is 0.920. The monoisotopic (exact) mass is 165 g/mol. The fourth-order valence-corrected chi connectivity index (χ4v) is 1.41. The third-order valence-corrected chi connectivity index (χ3v) is 1.94. The van der Waals surface area contributed by atoms with Crippen LogP contribution in [0.15, 0.2) is 6.07 Å². The van der Waals surface area contributed by atoms with Crippen molar-refractivity contribution in [3.8, 4) is 0 Å². The second kappa shape index (κ2) is 2.62. The molecule has 0 saturated heterocycles. The van der Waals surface area contributed by atoms with Crippen molar-refractivity contribution in [3.63, 3.8) is 0 Å². The van der Waals surface area contributed by atoms with E-state index in [2.05, 4.69) is 10.4 Å². The van der Waals surface area contributed by atoms with Crippen LogP contribution in [0.1, 0.15) is 18.5 Å². The van der Waals surface area contributed by atoms with Crippen molar-refractivity contribution in [2.24, 2.45) is 0 Å². The van der Waals surface area contributed by atoms with Gasteiger partial charge in [-0.15, -0.1) is 0 Å². The fraction of sp³-hybridized carbons (Fsp3) is 0.500. The first kappa shape index (κ1) is 7.34. The summed E-state index contributed by atoms with van der Waals surface area (Å²) >= 11 is 0. The molecule has 0 unspecified atom stereocenters. The summed E-state index contributed by atoms with van der Waals surface area (Å²) in [5.41, 5.74) is 0.951. The predicted molar refractivity (Wildman–Crippen MR) is 44.8 cm³/mol. The van der Waals surface area contributed by atoms with Crippen LogP contribution >= 0.6 is 0 Å². The van der Waals surface area contributed by atoms with Gasteiger partial charge in [-0.05, 0) is 13.3 Å². The molecule has 64 valence electrons. The summed E-state index contributed by atoms with van der Waals surface area (Å²) in [4.78, 5) is 11.1. The van der Waals surface area contributed by atoms with Crippen LogP contribution in [0.2, 0.25) is 0 Å². The first-order chi connectivity index (χ1) is 5.75. The van der Waals surface area contributed by atoms with Crippen LogP contribution in [0.4, 0.5) is 5.82 Å². The Hall–Kier alpha value is -1.32. The van der Waals surface area contributed by atoms with E-state index in [0.29, 0.717) is 6.42 Å². The zero-order valence-corrected chi connectivity index (χ0v) is 7.00. The Morgan fingerprint density at radius 3 is 3.33 bits per heavy atom. The minimum absolute atomic E-state index is 0.0913. The Labute approximate surface area is 70.6 Å². The maximum atomic E-state index is 11.1. The molecule has 1 aliphatic rings. The highest BCUT2D eigenvalue weighted by Crippen LogP contribution is 2.14. The van der Waals surface area contributed by atoms with E-state index in [1.165, 1.54) is 0 Å². The van der Waals surface area contributed by atoms with E-state index >= 15 is 0 Å². The predicted octanol–water partition coefficient (Wildman–Crippen LogP) is 0.924. The Bertz CT molecular complexity index is 316. The molecule has 1 amide bonds. The molecule has 0 atom stereocenters. The molecule has 0 radical (unpaired) electrons. The molecule has 1 aliphatic heterocycles. The quantitative estimate of drug-likeness (QED) is 0.621. The van der Waals surface area contributed by atoms with Gasteiger partial charge in [0.05, 0.1) is 5.69 Å². The zero-order valence-electron chi connectivity index (χ0n) is 7.00. The van der Waals surface area contributed by atoms with Gasteiger partial charge in [0.1, 0.15) is 5.82 Å². The molecule has 0 saturated carbocycles. The van der Waals surface area contributed by atoms with Crippen molar-refractivity contribution < 1.29 is 4.79 Å². The maximum absolute atomic E-state index is 11.1. The SMILES string of the molecule is Cc1cc2n(n1)CCCC(=O)N2. The van der Waals surface area contributed by atoms with Crippen molar-refractivity contribution in [1.82, 2.24) is 9.78 Å². The first-order valence-electron chi connectivity index (χ1n) is 4.10. The molecular weight excluding hydrogens is 154 g/mol. The standard InChI is InChI=1S/C8H11N3O/c1-6-5-7-9-8(12)3-2-4-11(7)10-6/h5H,2-4H2,1H3,(H,9,12). The molecule has 0 spiro atoms. The van der Waals surface area contributed by atoms with Crippen LogP contribution in [0.5, 0.6) is 0 Å². The highest BCUT2D eigenvalue weighted by molar-refractivity contribution is 5.90. The molecule has 1 N–H and O–H groups in total. The minimum atomic E-state index is 0.0913. The number of rotatable bonds is 0. The van der Waals surface area contributed by atoms with Crippen molar-refractivity contribution in [1.29, 1.82) is 0 Å². The molecule has 0 fully saturated rings. The number of carbonyl (C=O) groups excluding carboxylic acids is 1. The smallest absolute Gasteiger partial charge is 0.225 e. The molecule has 1 aromatic rings. The van der Waals surface area contributed by atoms with Crippen molar-refractivity contribution >= 4 is 11.7 Å². The van der Waals surface area contributed by atoms with Crippen molar-refractivity contribution in [3.05, 3.63) is 11.8 Å². The van der Waals surface area contributed by atoms with Crippen molar-refractivity contribution in [2.45, 2.75) is 26.3 Å². The number of hydrogen-bond acceptors (Lipinski definition) is 2. The number of nitrogens with zero attached hydrogens (tertiary/aromatic N) is 2. The van der Waals surface area contributed by atoms with Gasteiger partial charge in [0.25, 0.3) is 0 Å². The molecule has 0 bridgehead atoms. The first-order valence-corrected chi connectivity index (χ1v) is 4.10. The van der Waals surface area contributed by atoms with Gasteiger partial charge in [0.2, 0.25) is 5.91 Å². The third-order valence-electron chi connectivity index (χ3n) is 1.94. The van der Waals surface area contributed by atoms with E-state index in [1.807, 2.05) is 17.7 Å². The number of nitrogens with one attached hydrogen (secondary N) is 1. The van der Waals surface area contributed by atoms with Crippen LogP contribution in [0.3, 0.4) is 0 Å². The van der Waals surface area contributed by atoms with Gasteiger partial charge >= 0.3 is 0 Å². The van der Waals surface area contributed by atoms with Gasteiger partial charge < -0.3 is 5.32 Å².